The van der Waals surface area contributed by atoms with E-state index in [0.29, 0.717) is 11.3 Å². The molecule has 0 spiro atoms. The van der Waals surface area contributed by atoms with Crippen LogP contribution in [-0.2, 0) is 22.7 Å². The maximum atomic E-state index is 15.1. The molecule has 1 atom stereocenters. The van der Waals surface area contributed by atoms with Gasteiger partial charge in [-0.2, -0.15) is 0 Å². The Morgan fingerprint density at radius 2 is 2.03 bits per heavy atom. The number of aryl methyl sites for hydroxylation is 1. The van der Waals surface area contributed by atoms with Crippen LogP contribution in [0.2, 0.25) is 0 Å². The molecule has 8 nitrogen and oxygen atoms in total. The van der Waals surface area contributed by atoms with E-state index >= 15 is 4.39 Å². The van der Waals surface area contributed by atoms with E-state index in [0.717, 1.165) is 5.56 Å². The SMILES string of the molecule is Cc1ccc(C(=O)NCc2ccc3c(c2F)CN(C2CCC(=O)NC2=O)C3=O)c(N)c1. The quantitative estimate of drug-likeness (QED) is 0.506. The van der Waals surface area contributed by atoms with E-state index in [9.17, 15) is 19.2 Å². The monoisotopic (exact) mass is 424 g/mol. The molecule has 9 heteroatoms. The molecule has 0 saturated carbocycles. The Morgan fingerprint density at radius 1 is 1.26 bits per heavy atom. The summed E-state index contributed by atoms with van der Waals surface area (Å²) in [7, 11) is 0. The van der Waals surface area contributed by atoms with Crippen molar-refractivity contribution in [1.82, 2.24) is 15.5 Å². The maximum absolute atomic E-state index is 15.1. The fourth-order valence-corrected chi connectivity index (χ4v) is 3.95. The number of benzene rings is 2. The van der Waals surface area contributed by atoms with E-state index in [4.69, 9.17) is 5.73 Å². The smallest absolute Gasteiger partial charge is 0.255 e. The Bertz CT molecular complexity index is 1130. The van der Waals surface area contributed by atoms with Gasteiger partial charge in [0.15, 0.2) is 0 Å². The zero-order chi connectivity index (χ0) is 22.3. The number of imide groups is 1. The normalized spacial score (nSPS) is 18.1. The second-order valence-electron chi connectivity index (χ2n) is 7.74. The van der Waals surface area contributed by atoms with E-state index in [1.54, 1.807) is 18.2 Å². The molecule has 4 N–H and O–H groups in total. The minimum Gasteiger partial charge on any atom is -0.398 e. The van der Waals surface area contributed by atoms with Crippen molar-refractivity contribution in [3.05, 3.63) is 64.0 Å². The predicted octanol–water partition coefficient (Wildman–Crippen LogP) is 1.41. The minimum absolute atomic E-state index is 0.0705. The highest BCUT2D eigenvalue weighted by molar-refractivity contribution is 6.05. The van der Waals surface area contributed by atoms with Crippen LogP contribution in [-0.4, -0.2) is 34.6 Å². The van der Waals surface area contributed by atoms with Crippen LogP contribution >= 0.6 is 0 Å². The number of fused-ring (bicyclic) bond motifs is 1. The minimum atomic E-state index is -0.815. The van der Waals surface area contributed by atoms with Crippen molar-refractivity contribution in [2.75, 3.05) is 5.73 Å². The molecule has 2 aromatic carbocycles. The number of carbonyl (C=O) groups is 4. The molecule has 0 aromatic heterocycles. The van der Waals surface area contributed by atoms with Gasteiger partial charge in [0.25, 0.3) is 11.8 Å². The van der Waals surface area contributed by atoms with E-state index in [1.165, 1.54) is 17.0 Å². The first-order valence-electron chi connectivity index (χ1n) is 9.85. The van der Waals surface area contributed by atoms with Gasteiger partial charge in [-0.25, -0.2) is 4.39 Å². The van der Waals surface area contributed by atoms with Gasteiger partial charge in [-0.1, -0.05) is 12.1 Å². The summed E-state index contributed by atoms with van der Waals surface area (Å²) < 4.78 is 15.1. The second-order valence-corrected chi connectivity index (χ2v) is 7.74. The molecule has 2 heterocycles. The van der Waals surface area contributed by atoms with Crippen molar-refractivity contribution in [2.45, 2.75) is 38.9 Å². The second kappa shape index (κ2) is 7.82. The van der Waals surface area contributed by atoms with Gasteiger partial charge >= 0.3 is 0 Å². The molecule has 4 amide bonds. The predicted molar refractivity (Wildman–Crippen MR) is 109 cm³/mol. The number of nitrogens with zero attached hydrogens (tertiary/aromatic N) is 1. The van der Waals surface area contributed by atoms with Gasteiger partial charge in [0, 0.05) is 35.3 Å². The van der Waals surface area contributed by atoms with Gasteiger partial charge < -0.3 is 16.0 Å². The molecule has 2 aliphatic heterocycles. The van der Waals surface area contributed by atoms with Crippen molar-refractivity contribution >= 4 is 29.3 Å². The van der Waals surface area contributed by atoms with Crippen molar-refractivity contribution in [2.24, 2.45) is 0 Å². The molecular weight excluding hydrogens is 403 g/mol. The summed E-state index contributed by atoms with van der Waals surface area (Å²) in [5.74, 6) is -2.42. The van der Waals surface area contributed by atoms with Crippen LogP contribution in [0.15, 0.2) is 30.3 Å². The number of nitrogens with one attached hydrogen (secondary N) is 2. The topological polar surface area (TPSA) is 122 Å². The Morgan fingerprint density at radius 3 is 2.74 bits per heavy atom. The summed E-state index contributed by atoms with van der Waals surface area (Å²) in [6, 6.07) is 7.17. The van der Waals surface area contributed by atoms with Gasteiger partial charge in [0.2, 0.25) is 11.8 Å². The van der Waals surface area contributed by atoms with Crippen LogP contribution in [0.1, 0.15) is 50.2 Å². The lowest BCUT2D eigenvalue weighted by Crippen LogP contribution is -2.52. The zero-order valence-corrected chi connectivity index (χ0v) is 16.8. The van der Waals surface area contributed by atoms with Crippen LogP contribution in [0.25, 0.3) is 0 Å². The Hall–Kier alpha value is -3.75. The Labute approximate surface area is 177 Å². The fourth-order valence-electron chi connectivity index (χ4n) is 3.95. The van der Waals surface area contributed by atoms with Crippen LogP contribution in [0.3, 0.4) is 0 Å². The van der Waals surface area contributed by atoms with Crippen molar-refractivity contribution in [3.8, 4) is 0 Å². The molecule has 4 rings (SSSR count). The Balaban J connectivity index is 1.50. The van der Waals surface area contributed by atoms with Gasteiger partial charge in [0.05, 0.1) is 12.1 Å². The lowest BCUT2D eigenvalue weighted by atomic mass is 10.0. The summed E-state index contributed by atoms with van der Waals surface area (Å²) >= 11 is 0. The first-order valence-corrected chi connectivity index (χ1v) is 9.85. The highest BCUT2D eigenvalue weighted by Crippen LogP contribution is 2.30. The number of nitrogens with two attached hydrogens (primary N) is 1. The fraction of sp³-hybridized carbons (Fsp3) is 0.273. The third kappa shape index (κ3) is 3.74. The highest BCUT2D eigenvalue weighted by atomic mass is 19.1. The van der Waals surface area contributed by atoms with E-state index in [2.05, 4.69) is 10.6 Å². The average molecular weight is 424 g/mol. The van der Waals surface area contributed by atoms with Crippen LogP contribution < -0.4 is 16.4 Å². The summed E-state index contributed by atoms with van der Waals surface area (Å²) in [4.78, 5) is 49.9. The lowest BCUT2D eigenvalue weighted by Gasteiger charge is -2.29. The first kappa shape index (κ1) is 20.5. The molecule has 160 valence electrons. The third-order valence-electron chi connectivity index (χ3n) is 5.62. The molecule has 0 aliphatic carbocycles. The van der Waals surface area contributed by atoms with Crippen molar-refractivity contribution in [3.63, 3.8) is 0 Å². The Kier molecular flexibility index (Phi) is 5.18. The molecule has 2 aromatic rings. The van der Waals surface area contributed by atoms with E-state index in [-0.39, 0.29) is 48.5 Å². The summed E-state index contributed by atoms with van der Waals surface area (Å²) in [5, 5.41) is 4.86. The lowest BCUT2D eigenvalue weighted by molar-refractivity contribution is -0.136. The van der Waals surface area contributed by atoms with E-state index < -0.39 is 29.6 Å². The molecule has 2 aliphatic rings. The van der Waals surface area contributed by atoms with Gasteiger partial charge in [0.1, 0.15) is 11.9 Å². The number of nitrogen functional groups attached to an aromatic ring is 1. The molecular formula is C22H21FN4O4. The van der Waals surface area contributed by atoms with Crippen molar-refractivity contribution < 1.29 is 23.6 Å². The molecule has 1 unspecified atom stereocenters. The van der Waals surface area contributed by atoms with Gasteiger partial charge in [-0.3, -0.25) is 24.5 Å². The summed E-state index contributed by atoms with van der Waals surface area (Å²) in [5.41, 5.74) is 8.01. The molecule has 0 radical (unpaired) electrons. The molecule has 1 fully saturated rings. The number of halogens is 1. The van der Waals surface area contributed by atoms with Gasteiger partial charge in [-0.15, -0.1) is 0 Å². The average Bonchev–Trinajstić information content (AvgIpc) is 3.04. The molecule has 0 bridgehead atoms. The first-order chi connectivity index (χ1) is 14.8. The zero-order valence-electron chi connectivity index (χ0n) is 16.8. The number of carbonyl (C=O) groups excluding carboxylic acids is 4. The van der Waals surface area contributed by atoms with Crippen LogP contribution in [0.5, 0.6) is 0 Å². The molecule has 1 saturated heterocycles. The maximum Gasteiger partial charge on any atom is 0.255 e. The molecule has 31 heavy (non-hydrogen) atoms. The van der Waals surface area contributed by atoms with E-state index in [1.807, 2.05) is 6.92 Å². The standard InChI is InChI=1S/C22H21FN4O4/c1-11-2-4-14(16(24)8-11)20(29)25-9-12-3-5-13-15(19(12)23)10-27(22(13)31)17-6-7-18(28)26-21(17)30/h2-5,8,17H,6-7,9-10,24H2,1H3,(H,25,29)(H,26,28,30). The van der Waals surface area contributed by atoms with Crippen LogP contribution in [0.4, 0.5) is 10.1 Å². The largest absolute Gasteiger partial charge is 0.398 e. The number of hydrogen-bond donors (Lipinski definition) is 3. The van der Waals surface area contributed by atoms with Gasteiger partial charge in [-0.05, 0) is 37.1 Å². The number of piperidine rings is 1. The number of amides is 4. The number of rotatable bonds is 4. The number of hydrogen-bond acceptors (Lipinski definition) is 5. The summed E-state index contributed by atoms with van der Waals surface area (Å²) in [6.45, 7) is 1.70. The summed E-state index contributed by atoms with van der Waals surface area (Å²) in [6.07, 6.45) is 0.325. The number of anilines is 1. The highest BCUT2D eigenvalue weighted by Gasteiger charge is 2.40. The van der Waals surface area contributed by atoms with Crippen LogP contribution in [0, 0.1) is 12.7 Å². The van der Waals surface area contributed by atoms with Crippen molar-refractivity contribution in [1.29, 1.82) is 0 Å². The third-order valence-corrected chi connectivity index (χ3v) is 5.62.